The number of pyridine rings is 1. The van der Waals surface area contributed by atoms with Gasteiger partial charge in [0.05, 0.1) is 6.61 Å². The van der Waals surface area contributed by atoms with Gasteiger partial charge in [-0.15, -0.1) is 24.8 Å². The molecule has 1 aliphatic carbocycles. The van der Waals surface area contributed by atoms with Crippen molar-refractivity contribution in [2.45, 2.75) is 51.6 Å². The number of halogens is 2. The normalized spacial score (nSPS) is 17.4. The number of nitrogens with two attached hydrogens (primary N) is 1. The van der Waals surface area contributed by atoms with Crippen LogP contribution in [0.1, 0.15) is 44.6 Å². The van der Waals surface area contributed by atoms with E-state index < -0.39 is 0 Å². The van der Waals surface area contributed by atoms with Crippen LogP contribution >= 0.6 is 24.8 Å². The Morgan fingerprint density at radius 3 is 2.63 bits per heavy atom. The number of benzene rings is 1. The highest BCUT2D eigenvalue weighted by molar-refractivity contribution is 5.85. The average Bonchev–Trinajstić information content (AvgIpc) is 3.11. The summed E-state index contributed by atoms with van der Waals surface area (Å²) in [5, 5.41) is 2.98. The summed E-state index contributed by atoms with van der Waals surface area (Å²) in [6.07, 6.45) is 6.22. The van der Waals surface area contributed by atoms with Crippen LogP contribution in [0.25, 0.3) is 0 Å². The second-order valence-electron chi connectivity index (χ2n) is 7.20. The Morgan fingerprint density at radius 2 is 1.93 bits per heavy atom. The van der Waals surface area contributed by atoms with Gasteiger partial charge in [0.25, 0.3) is 0 Å². The van der Waals surface area contributed by atoms with Crippen LogP contribution in [0.15, 0.2) is 42.6 Å². The van der Waals surface area contributed by atoms with E-state index in [9.17, 15) is 4.79 Å². The molecule has 1 saturated carbocycles. The SMILES string of the molecule is CCCOc1ccccc1Oc1ncccc1CNC(=O)C[C@@H]1CCC[C@H]1N.Cl.Cl. The fraction of sp³-hybridized carbons (Fsp3) is 0.455. The van der Waals surface area contributed by atoms with Crippen molar-refractivity contribution in [3.05, 3.63) is 48.2 Å². The number of para-hydroxylation sites is 2. The van der Waals surface area contributed by atoms with Crippen LogP contribution < -0.4 is 20.5 Å². The lowest BCUT2D eigenvalue weighted by atomic mass is 10.00. The van der Waals surface area contributed by atoms with Gasteiger partial charge in [0.1, 0.15) is 0 Å². The molecule has 8 heteroatoms. The van der Waals surface area contributed by atoms with Crippen molar-refractivity contribution in [3.8, 4) is 17.4 Å². The molecule has 1 aliphatic rings. The number of nitrogens with one attached hydrogen (secondary N) is 1. The van der Waals surface area contributed by atoms with E-state index in [2.05, 4.69) is 17.2 Å². The fourth-order valence-electron chi connectivity index (χ4n) is 3.44. The number of carbonyl (C=O) groups excluding carboxylic acids is 1. The summed E-state index contributed by atoms with van der Waals surface area (Å²) in [4.78, 5) is 16.7. The molecule has 1 aromatic heterocycles. The molecule has 30 heavy (non-hydrogen) atoms. The number of aromatic nitrogens is 1. The van der Waals surface area contributed by atoms with Crippen molar-refractivity contribution in [1.29, 1.82) is 0 Å². The smallest absolute Gasteiger partial charge is 0.224 e. The van der Waals surface area contributed by atoms with Crippen LogP contribution in [0.5, 0.6) is 17.4 Å². The van der Waals surface area contributed by atoms with Crippen LogP contribution in [0, 0.1) is 5.92 Å². The zero-order valence-corrected chi connectivity index (χ0v) is 18.8. The van der Waals surface area contributed by atoms with Gasteiger partial charge in [0.2, 0.25) is 11.8 Å². The van der Waals surface area contributed by atoms with Gasteiger partial charge in [-0.25, -0.2) is 4.98 Å². The molecule has 0 aliphatic heterocycles. The number of carbonyl (C=O) groups is 1. The number of hydrogen-bond donors (Lipinski definition) is 2. The highest BCUT2D eigenvalue weighted by atomic mass is 35.5. The Balaban J connectivity index is 0.00000225. The third kappa shape index (κ3) is 7.35. The van der Waals surface area contributed by atoms with Crippen molar-refractivity contribution in [2.75, 3.05) is 6.61 Å². The van der Waals surface area contributed by atoms with Crippen molar-refractivity contribution in [2.24, 2.45) is 11.7 Å². The predicted octanol–water partition coefficient (Wildman–Crippen LogP) is 4.64. The van der Waals surface area contributed by atoms with Crippen molar-refractivity contribution in [1.82, 2.24) is 10.3 Å². The first-order valence-corrected chi connectivity index (χ1v) is 10.0. The summed E-state index contributed by atoms with van der Waals surface area (Å²) < 4.78 is 11.8. The van der Waals surface area contributed by atoms with Gasteiger partial charge in [-0.3, -0.25) is 4.79 Å². The van der Waals surface area contributed by atoms with Crippen molar-refractivity contribution in [3.63, 3.8) is 0 Å². The van der Waals surface area contributed by atoms with E-state index >= 15 is 0 Å². The van der Waals surface area contributed by atoms with Gasteiger partial charge in [-0.2, -0.15) is 0 Å². The molecule has 6 nitrogen and oxygen atoms in total. The lowest BCUT2D eigenvalue weighted by Crippen LogP contribution is -2.31. The van der Waals surface area contributed by atoms with E-state index in [1.54, 1.807) is 6.20 Å². The van der Waals surface area contributed by atoms with E-state index in [1.165, 1.54) is 0 Å². The molecule has 0 spiro atoms. The largest absolute Gasteiger partial charge is 0.490 e. The average molecular weight is 456 g/mol. The zero-order chi connectivity index (χ0) is 19.8. The molecule has 0 radical (unpaired) electrons. The van der Waals surface area contributed by atoms with Gasteiger partial charge in [-0.05, 0) is 43.4 Å². The highest BCUT2D eigenvalue weighted by Crippen LogP contribution is 2.32. The maximum absolute atomic E-state index is 12.3. The van der Waals surface area contributed by atoms with Gasteiger partial charge in [0.15, 0.2) is 11.5 Å². The maximum Gasteiger partial charge on any atom is 0.224 e. The van der Waals surface area contributed by atoms with Crippen LogP contribution in [-0.2, 0) is 11.3 Å². The number of rotatable bonds is 9. The topological polar surface area (TPSA) is 86.5 Å². The summed E-state index contributed by atoms with van der Waals surface area (Å²) in [5.41, 5.74) is 6.89. The first kappa shape index (κ1) is 26.0. The van der Waals surface area contributed by atoms with Crippen LogP contribution in [0.4, 0.5) is 0 Å². The van der Waals surface area contributed by atoms with E-state index in [-0.39, 0.29) is 42.7 Å². The molecule has 3 N–H and O–H groups in total. The fourth-order valence-corrected chi connectivity index (χ4v) is 3.44. The highest BCUT2D eigenvalue weighted by Gasteiger charge is 2.26. The van der Waals surface area contributed by atoms with Crippen molar-refractivity contribution >= 4 is 30.7 Å². The monoisotopic (exact) mass is 455 g/mol. The van der Waals surface area contributed by atoms with Gasteiger partial charge in [-0.1, -0.05) is 31.5 Å². The van der Waals surface area contributed by atoms with Crippen LogP contribution in [0.3, 0.4) is 0 Å². The Labute approximate surface area is 190 Å². The van der Waals surface area contributed by atoms with E-state index in [1.807, 2.05) is 36.4 Å². The molecule has 1 amide bonds. The quantitative estimate of drug-likeness (QED) is 0.574. The Kier molecular flexibility index (Phi) is 11.5. The van der Waals surface area contributed by atoms with E-state index in [4.69, 9.17) is 15.2 Å². The summed E-state index contributed by atoms with van der Waals surface area (Å²) >= 11 is 0. The summed E-state index contributed by atoms with van der Waals surface area (Å²) in [6.45, 7) is 3.04. The minimum Gasteiger partial charge on any atom is -0.490 e. The van der Waals surface area contributed by atoms with Crippen LogP contribution in [0.2, 0.25) is 0 Å². The predicted molar refractivity (Wildman–Crippen MR) is 123 cm³/mol. The van der Waals surface area contributed by atoms with E-state index in [0.29, 0.717) is 37.0 Å². The van der Waals surface area contributed by atoms with E-state index in [0.717, 1.165) is 31.2 Å². The summed E-state index contributed by atoms with van der Waals surface area (Å²) in [7, 11) is 0. The Hall–Kier alpha value is -2.02. The molecule has 1 aromatic carbocycles. The number of amides is 1. The molecule has 0 bridgehead atoms. The number of hydrogen-bond acceptors (Lipinski definition) is 5. The van der Waals surface area contributed by atoms with Crippen LogP contribution in [-0.4, -0.2) is 23.5 Å². The molecule has 166 valence electrons. The molecule has 0 unspecified atom stereocenters. The molecule has 3 rings (SSSR count). The lowest BCUT2D eigenvalue weighted by molar-refractivity contribution is -0.122. The summed E-state index contributed by atoms with van der Waals surface area (Å²) in [5.74, 6) is 2.06. The Morgan fingerprint density at radius 1 is 1.17 bits per heavy atom. The third-order valence-corrected chi connectivity index (χ3v) is 5.01. The van der Waals surface area contributed by atoms with Gasteiger partial charge >= 0.3 is 0 Å². The number of nitrogens with zero attached hydrogens (tertiary/aromatic N) is 1. The van der Waals surface area contributed by atoms with Crippen molar-refractivity contribution < 1.29 is 14.3 Å². The molecule has 1 fully saturated rings. The first-order chi connectivity index (χ1) is 13.7. The molecule has 0 saturated heterocycles. The molecular weight excluding hydrogens is 425 g/mol. The molecule has 2 aromatic rings. The molecular formula is C22H31Cl2N3O3. The minimum atomic E-state index is 0. The second kappa shape index (κ2) is 13.3. The third-order valence-electron chi connectivity index (χ3n) is 5.01. The van der Waals surface area contributed by atoms with Gasteiger partial charge < -0.3 is 20.5 Å². The maximum atomic E-state index is 12.3. The standard InChI is InChI=1S/C22H29N3O3.2ClH/c1-2-13-27-19-10-3-4-11-20(19)28-22-17(8-6-12-24-22)15-25-21(26)14-16-7-5-9-18(16)23;;/h3-4,6,8,10-12,16,18H,2,5,7,9,13-15,23H2,1H3,(H,25,26);2*1H/t16-,18+;;/m0../s1. The minimum absolute atomic E-state index is 0. The lowest BCUT2D eigenvalue weighted by Gasteiger charge is -2.16. The number of ether oxygens (including phenoxy) is 2. The Bertz CT molecular complexity index is 792. The van der Waals surface area contributed by atoms with Gasteiger partial charge in [0, 0.05) is 30.8 Å². The summed E-state index contributed by atoms with van der Waals surface area (Å²) in [6, 6.07) is 11.4. The zero-order valence-electron chi connectivity index (χ0n) is 17.2. The molecule has 1 heterocycles. The first-order valence-electron chi connectivity index (χ1n) is 10.0. The second-order valence-corrected chi connectivity index (χ2v) is 7.20. The molecule has 2 atom stereocenters.